The van der Waals surface area contributed by atoms with Crippen LogP contribution in [0.15, 0.2) is 0 Å². The summed E-state index contributed by atoms with van der Waals surface area (Å²) in [4.78, 5) is 23.7. The Morgan fingerprint density at radius 3 is 2.42 bits per heavy atom. The maximum Gasteiger partial charge on any atom is 0.239 e. The van der Waals surface area contributed by atoms with Crippen molar-refractivity contribution in [3.05, 3.63) is 0 Å². The zero-order chi connectivity index (χ0) is 9.14. The lowest BCUT2D eigenvalue weighted by Crippen LogP contribution is -2.50. The van der Waals surface area contributed by atoms with Gasteiger partial charge in [-0.3, -0.25) is 14.5 Å². The van der Waals surface area contributed by atoms with Crippen LogP contribution in [0.4, 0.5) is 0 Å². The molecule has 0 spiro atoms. The normalized spacial score (nSPS) is 21.3. The molecule has 68 valence electrons. The molecule has 0 saturated carbocycles. The van der Waals surface area contributed by atoms with E-state index >= 15 is 0 Å². The molecule has 1 atom stereocenters. The summed E-state index contributed by atoms with van der Waals surface area (Å²) >= 11 is 1.36. The van der Waals surface area contributed by atoms with E-state index in [0.29, 0.717) is 18.1 Å². The van der Waals surface area contributed by atoms with E-state index in [1.165, 1.54) is 16.7 Å². The van der Waals surface area contributed by atoms with Crippen molar-refractivity contribution < 1.29 is 9.59 Å². The van der Waals surface area contributed by atoms with Gasteiger partial charge in [-0.2, -0.15) is 0 Å². The number of nitrogens with two attached hydrogens (primary N) is 1. The second-order valence-corrected chi connectivity index (χ2v) is 3.72. The van der Waals surface area contributed by atoms with Crippen LogP contribution in [0.2, 0.25) is 0 Å². The quantitative estimate of drug-likeness (QED) is 0.590. The van der Waals surface area contributed by atoms with E-state index in [1.54, 1.807) is 6.92 Å². The molecule has 0 aliphatic carbocycles. The van der Waals surface area contributed by atoms with E-state index in [2.05, 4.69) is 0 Å². The fourth-order valence-electron chi connectivity index (χ4n) is 1.10. The van der Waals surface area contributed by atoms with Gasteiger partial charge < -0.3 is 5.73 Å². The van der Waals surface area contributed by atoms with Crippen molar-refractivity contribution in [1.82, 2.24) is 4.90 Å². The number of hydrogen-bond acceptors (Lipinski definition) is 4. The molecule has 5 heteroatoms. The molecule has 4 nitrogen and oxygen atoms in total. The van der Waals surface area contributed by atoms with Gasteiger partial charge in [0.15, 0.2) is 0 Å². The summed E-state index contributed by atoms with van der Waals surface area (Å²) in [6, 6.07) is -0.161. The minimum atomic E-state index is -0.161. The lowest BCUT2D eigenvalue weighted by Gasteiger charge is -2.29. The highest BCUT2D eigenvalue weighted by atomic mass is 32.2. The average molecular weight is 188 g/mol. The van der Waals surface area contributed by atoms with Gasteiger partial charge in [-0.1, -0.05) is 0 Å². The minimum Gasteiger partial charge on any atom is -0.328 e. The Kier molecular flexibility index (Phi) is 3.11. The fourth-order valence-corrected chi connectivity index (χ4v) is 1.83. The van der Waals surface area contributed by atoms with Crippen LogP contribution in [-0.4, -0.2) is 40.8 Å². The summed E-state index contributed by atoms with van der Waals surface area (Å²) in [5, 5.41) is 0. The second kappa shape index (κ2) is 3.91. The Labute approximate surface area is 75.5 Å². The Hall–Kier alpha value is -0.550. The van der Waals surface area contributed by atoms with Crippen LogP contribution < -0.4 is 5.73 Å². The van der Waals surface area contributed by atoms with Crippen LogP contribution in [-0.2, 0) is 9.59 Å². The summed E-state index contributed by atoms with van der Waals surface area (Å²) in [6.45, 7) is 2.12. The molecule has 2 N–H and O–H groups in total. The summed E-state index contributed by atoms with van der Waals surface area (Å²) < 4.78 is 0. The molecule has 0 aromatic rings. The first-order chi connectivity index (χ1) is 5.66. The number of carbonyl (C=O) groups is 2. The molecular weight excluding hydrogens is 176 g/mol. The highest BCUT2D eigenvalue weighted by molar-refractivity contribution is 8.00. The van der Waals surface area contributed by atoms with E-state index in [1.807, 2.05) is 0 Å². The molecule has 2 amide bonds. The van der Waals surface area contributed by atoms with Gasteiger partial charge in [-0.15, -0.1) is 11.8 Å². The van der Waals surface area contributed by atoms with Gasteiger partial charge in [0.1, 0.15) is 0 Å². The monoisotopic (exact) mass is 188 g/mol. The first kappa shape index (κ1) is 9.54. The maximum absolute atomic E-state index is 11.2. The fraction of sp³-hybridized carbons (Fsp3) is 0.714. The molecule has 0 bridgehead atoms. The number of nitrogens with zero attached hydrogens (tertiary/aromatic N) is 1. The third-order valence-electron chi connectivity index (χ3n) is 1.77. The lowest BCUT2D eigenvalue weighted by atomic mass is 10.2. The Bertz CT molecular complexity index is 192. The molecule has 1 heterocycles. The molecule has 1 fully saturated rings. The van der Waals surface area contributed by atoms with E-state index in [0.717, 1.165) is 0 Å². The third-order valence-corrected chi connectivity index (χ3v) is 2.67. The Balaban J connectivity index is 2.69. The summed E-state index contributed by atoms with van der Waals surface area (Å²) in [6.07, 6.45) is 0. The summed E-state index contributed by atoms with van der Waals surface area (Å²) in [5.41, 5.74) is 5.37. The molecule has 0 radical (unpaired) electrons. The van der Waals surface area contributed by atoms with Crippen molar-refractivity contribution in [2.24, 2.45) is 5.73 Å². The van der Waals surface area contributed by atoms with Gasteiger partial charge >= 0.3 is 0 Å². The SMILES string of the molecule is CC(CN)N1C(=O)CSCC1=O. The maximum atomic E-state index is 11.2. The molecule has 1 rings (SSSR count). The van der Waals surface area contributed by atoms with Crippen LogP contribution in [0.5, 0.6) is 0 Å². The van der Waals surface area contributed by atoms with E-state index in [-0.39, 0.29) is 17.9 Å². The molecule has 1 aliphatic heterocycles. The van der Waals surface area contributed by atoms with Gasteiger partial charge in [0.05, 0.1) is 11.5 Å². The second-order valence-electron chi connectivity index (χ2n) is 2.74. The Morgan fingerprint density at radius 1 is 1.50 bits per heavy atom. The minimum absolute atomic E-state index is 0.116. The Morgan fingerprint density at radius 2 is 2.00 bits per heavy atom. The molecule has 12 heavy (non-hydrogen) atoms. The smallest absolute Gasteiger partial charge is 0.239 e. The molecular formula is C7H12N2O2S. The van der Waals surface area contributed by atoms with Gasteiger partial charge in [0, 0.05) is 12.6 Å². The number of carbonyl (C=O) groups excluding carboxylic acids is 2. The van der Waals surface area contributed by atoms with Crippen molar-refractivity contribution in [3.8, 4) is 0 Å². The van der Waals surface area contributed by atoms with Gasteiger partial charge in [-0.25, -0.2) is 0 Å². The van der Waals surface area contributed by atoms with Crippen LogP contribution in [0.25, 0.3) is 0 Å². The predicted octanol–water partition coefficient (Wildman–Crippen LogP) is -0.564. The van der Waals surface area contributed by atoms with Crippen molar-refractivity contribution >= 4 is 23.6 Å². The van der Waals surface area contributed by atoms with Crippen molar-refractivity contribution in [1.29, 1.82) is 0 Å². The highest BCUT2D eigenvalue weighted by Crippen LogP contribution is 2.14. The predicted molar refractivity (Wildman–Crippen MR) is 47.7 cm³/mol. The van der Waals surface area contributed by atoms with Gasteiger partial charge in [0.25, 0.3) is 0 Å². The van der Waals surface area contributed by atoms with Gasteiger partial charge in [-0.05, 0) is 6.92 Å². The van der Waals surface area contributed by atoms with Crippen LogP contribution >= 0.6 is 11.8 Å². The number of rotatable bonds is 2. The largest absolute Gasteiger partial charge is 0.328 e. The van der Waals surface area contributed by atoms with Crippen molar-refractivity contribution in [2.75, 3.05) is 18.1 Å². The highest BCUT2D eigenvalue weighted by Gasteiger charge is 2.29. The van der Waals surface area contributed by atoms with E-state index in [4.69, 9.17) is 5.73 Å². The lowest BCUT2D eigenvalue weighted by molar-refractivity contribution is -0.144. The first-order valence-corrected chi connectivity index (χ1v) is 4.95. The number of amides is 2. The molecule has 1 unspecified atom stereocenters. The zero-order valence-corrected chi connectivity index (χ0v) is 7.76. The number of hydrogen-bond donors (Lipinski definition) is 1. The van der Waals surface area contributed by atoms with Crippen LogP contribution in [0.1, 0.15) is 6.92 Å². The molecule has 1 saturated heterocycles. The number of imide groups is 1. The topological polar surface area (TPSA) is 63.4 Å². The average Bonchev–Trinajstić information content (AvgIpc) is 2.03. The van der Waals surface area contributed by atoms with E-state index in [9.17, 15) is 9.59 Å². The summed E-state index contributed by atoms with van der Waals surface area (Å²) in [7, 11) is 0. The summed E-state index contributed by atoms with van der Waals surface area (Å²) in [5.74, 6) is 0.565. The van der Waals surface area contributed by atoms with Crippen molar-refractivity contribution in [3.63, 3.8) is 0 Å². The molecule has 0 aromatic carbocycles. The zero-order valence-electron chi connectivity index (χ0n) is 6.95. The standard InChI is InChI=1S/C7H12N2O2S/c1-5(2-8)9-6(10)3-12-4-7(9)11/h5H,2-4,8H2,1H3. The molecule has 1 aliphatic rings. The molecule has 0 aromatic heterocycles. The van der Waals surface area contributed by atoms with Crippen LogP contribution in [0.3, 0.4) is 0 Å². The number of thioether (sulfide) groups is 1. The van der Waals surface area contributed by atoms with E-state index < -0.39 is 0 Å². The first-order valence-electron chi connectivity index (χ1n) is 3.79. The third kappa shape index (κ3) is 1.78. The van der Waals surface area contributed by atoms with Crippen LogP contribution in [0, 0.1) is 0 Å². The van der Waals surface area contributed by atoms with Gasteiger partial charge in [0.2, 0.25) is 11.8 Å². The van der Waals surface area contributed by atoms with Crippen molar-refractivity contribution in [2.45, 2.75) is 13.0 Å².